The highest BCUT2D eigenvalue weighted by Crippen LogP contribution is 2.48. The van der Waals surface area contributed by atoms with E-state index in [4.69, 9.17) is 0 Å². The van der Waals surface area contributed by atoms with Crippen LogP contribution in [0.2, 0.25) is 0 Å². The molecule has 2 aromatic carbocycles. The van der Waals surface area contributed by atoms with Gasteiger partial charge in [0.05, 0.1) is 18.7 Å². The maximum absolute atomic E-state index is 13.2. The summed E-state index contributed by atoms with van der Waals surface area (Å²) in [6.07, 6.45) is 3.11. The van der Waals surface area contributed by atoms with Gasteiger partial charge in [0.15, 0.2) is 0 Å². The number of pyridine rings is 1. The highest BCUT2D eigenvalue weighted by molar-refractivity contribution is 6.03. The molecule has 1 saturated heterocycles. The lowest BCUT2D eigenvalue weighted by atomic mass is 9.71. The number of para-hydroxylation sites is 1. The van der Waals surface area contributed by atoms with Crippen molar-refractivity contribution in [2.75, 3.05) is 23.4 Å². The van der Waals surface area contributed by atoms with E-state index in [-0.39, 0.29) is 48.9 Å². The van der Waals surface area contributed by atoms with Crippen molar-refractivity contribution in [3.63, 3.8) is 0 Å². The van der Waals surface area contributed by atoms with Gasteiger partial charge in [0.2, 0.25) is 0 Å². The number of amides is 3. The lowest BCUT2D eigenvalue weighted by molar-refractivity contribution is -0.0241. The molecule has 7 nitrogen and oxygen atoms in total. The molecule has 0 bridgehead atoms. The molecule has 1 fully saturated rings. The molecule has 2 aliphatic heterocycles. The van der Waals surface area contributed by atoms with Gasteiger partial charge in [-0.2, -0.15) is 0 Å². The Kier molecular flexibility index (Phi) is 5.07. The first-order chi connectivity index (χ1) is 15.6. The van der Waals surface area contributed by atoms with Gasteiger partial charge < -0.3 is 15.3 Å². The number of nitrogens with one attached hydrogen (secondary N) is 1. The molecule has 162 valence electrons. The molecule has 1 aromatic heterocycles. The van der Waals surface area contributed by atoms with Crippen molar-refractivity contribution < 1.29 is 19.1 Å². The number of benzene rings is 2. The molecule has 0 aliphatic carbocycles. The maximum Gasteiger partial charge on any atom is 0.326 e. The van der Waals surface area contributed by atoms with E-state index in [2.05, 4.69) is 10.3 Å². The van der Waals surface area contributed by atoms with Crippen molar-refractivity contribution in [1.29, 1.82) is 0 Å². The fraction of sp³-hybridized carbons (Fsp3) is 0.208. The highest BCUT2D eigenvalue weighted by atomic mass is 19.1. The number of carbonyl (C=O) groups is 2. The summed E-state index contributed by atoms with van der Waals surface area (Å²) in [5, 5.41) is 12.9. The van der Waals surface area contributed by atoms with Gasteiger partial charge in [-0.3, -0.25) is 14.7 Å². The molecule has 0 spiro atoms. The SMILES string of the molecule is O=C(Nc1ccc(F)cc1)N1C[C@@H]2[C@H](c3ccccc31)[C@@H](CO)N2C(=O)c1ccncc1. The Morgan fingerprint density at radius 3 is 2.50 bits per heavy atom. The van der Waals surface area contributed by atoms with Gasteiger partial charge in [0.25, 0.3) is 5.91 Å². The number of aliphatic hydroxyl groups excluding tert-OH is 1. The van der Waals surface area contributed by atoms with E-state index < -0.39 is 0 Å². The summed E-state index contributed by atoms with van der Waals surface area (Å²) >= 11 is 0. The second kappa shape index (κ2) is 8.05. The number of hydrogen-bond acceptors (Lipinski definition) is 4. The molecule has 8 heteroatoms. The minimum Gasteiger partial charge on any atom is -0.394 e. The molecule has 0 radical (unpaired) electrons. The van der Waals surface area contributed by atoms with Crippen LogP contribution >= 0.6 is 0 Å². The van der Waals surface area contributed by atoms with Gasteiger partial charge in [-0.25, -0.2) is 9.18 Å². The topological polar surface area (TPSA) is 85.8 Å². The first-order valence-electron chi connectivity index (χ1n) is 10.3. The van der Waals surface area contributed by atoms with Crippen LogP contribution in [0, 0.1) is 5.82 Å². The molecular formula is C24H21FN4O3. The average molecular weight is 432 g/mol. The van der Waals surface area contributed by atoms with Gasteiger partial charge in [0.1, 0.15) is 5.82 Å². The lowest BCUT2D eigenvalue weighted by Crippen LogP contribution is -2.71. The minimum absolute atomic E-state index is 0.0724. The Morgan fingerprint density at radius 2 is 1.78 bits per heavy atom. The number of halogens is 1. The van der Waals surface area contributed by atoms with Crippen LogP contribution in [0.4, 0.5) is 20.6 Å². The van der Waals surface area contributed by atoms with Gasteiger partial charge in [-0.15, -0.1) is 0 Å². The Bertz CT molecular complexity index is 1160. The zero-order valence-corrected chi connectivity index (χ0v) is 17.1. The van der Waals surface area contributed by atoms with E-state index >= 15 is 0 Å². The van der Waals surface area contributed by atoms with Crippen LogP contribution in [0.1, 0.15) is 21.8 Å². The molecule has 3 heterocycles. The fourth-order valence-electron chi connectivity index (χ4n) is 4.73. The number of anilines is 2. The first kappa shape index (κ1) is 20.1. The van der Waals surface area contributed by atoms with Crippen LogP contribution < -0.4 is 10.2 Å². The van der Waals surface area contributed by atoms with Crippen LogP contribution in [0.3, 0.4) is 0 Å². The van der Waals surface area contributed by atoms with Crippen molar-refractivity contribution in [2.24, 2.45) is 0 Å². The van der Waals surface area contributed by atoms with Crippen LogP contribution in [-0.2, 0) is 0 Å². The monoisotopic (exact) mass is 432 g/mol. The van der Waals surface area contributed by atoms with Crippen molar-refractivity contribution in [2.45, 2.75) is 18.0 Å². The third-order valence-corrected chi connectivity index (χ3v) is 6.19. The molecule has 0 saturated carbocycles. The van der Waals surface area contributed by atoms with Crippen molar-refractivity contribution in [3.8, 4) is 0 Å². The number of aromatic nitrogens is 1. The zero-order chi connectivity index (χ0) is 22.2. The summed E-state index contributed by atoms with van der Waals surface area (Å²) in [4.78, 5) is 33.6. The van der Waals surface area contributed by atoms with Gasteiger partial charge >= 0.3 is 6.03 Å². The number of nitrogens with zero attached hydrogens (tertiary/aromatic N) is 3. The number of rotatable bonds is 3. The Labute approximate surface area is 184 Å². The predicted octanol–water partition coefficient (Wildman–Crippen LogP) is 3.24. The number of carbonyl (C=O) groups excluding carboxylic acids is 2. The summed E-state index contributed by atoms with van der Waals surface area (Å²) in [5.41, 5.74) is 2.61. The highest BCUT2D eigenvalue weighted by Gasteiger charge is 2.55. The molecule has 3 atom stereocenters. The summed E-state index contributed by atoms with van der Waals surface area (Å²) in [5.74, 6) is -0.660. The molecule has 2 N–H and O–H groups in total. The van der Waals surface area contributed by atoms with Crippen LogP contribution in [0.15, 0.2) is 73.1 Å². The van der Waals surface area contributed by atoms with E-state index in [0.717, 1.165) is 11.3 Å². The van der Waals surface area contributed by atoms with Gasteiger partial charge in [0, 0.05) is 41.8 Å². The third kappa shape index (κ3) is 3.29. The maximum atomic E-state index is 13.2. The summed E-state index contributed by atoms with van der Waals surface area (Å²) in [6.45, 7) is 0.107. The molecular weight excluding hydrogens is 411 g/mol. The number of fused-ring (bicyclic) bond motifs is 3. The molecule has 32 heavy (non-hydrogen) atoms. The number of hydrogen-bond donors (Lipinski definition) is 2. The van der Waals surface area contributed by atoms with Crippen molar-refractivity contribution >= 4 is 23.3 Å². The van der Waals surface area contributed by atoms with Crippen molar-refractivity contribution in [1.82, 2.24) is 9.88 Å². The van der Waals surface area contributed by atoms with E-state index in [1.807, 2.05) is 24.3 Å². The standard InChI is InChI=1S/C24H21FN4O3/c25-16-5-7-17(8-6-16)27-24(32)28-13-20-22(18-3-1-2-4-19(18)28)21(14-30)29(20)23(31)15-9-11-26-12-10-15/h1-12,20-22,30H,13-14H2,(H,27,32)/t20-,21-,22+/m1/s1. The summed E-state index contributed by atoms with van der Waals surface area (Å²) in [7, 11) is 0. The summed E-state index contributed by atoms with van der Waals surface area (Å²) in [6, 6.07) is 15.3. The quantitative estimate of drug-likeness (QED) is 0.665. The molecule has 2 aliphatic rings. The second-order valence-electron chi connectivity index (χ2n) is 7.90. The van der Waals surface area contributed by atoms with Crippen molar-refractivity contribution in [3.05, 3.63) is 90.0 Å². The number of likely N-dealkylation sites (tertiary alicyclic amines) is 1. The number of aliphatic hydroxyl groups is 1. The zero-order valence-electron chi connectivity index (χ0n) is 17.1. The van der Waals surface area contributed by atoms with E-state index in [1.54, 1.807) is 34.3 Å². The second-order valence-corrected chi connectivity index (χ2v) is 7.90. The largest absolute Gasteiger partial charge is 0.394 e. The van der Waals surface area contributed by atoms with Gasteiger partial charge in [-0.1, -0.05) is 18.2 Å². The van der Waals surface area contributed by atoms with E-state index in [9.17, 15) is 19.1 Å². The summed E-state index contributed by atoms with van der Waals surface area (Å²) < 4.78 is 13.2. The predicted molar refractivity (Wildman–Crippen MR) is 117 cm³/mol. The normalized spacial score (nSPS) is 21.2. The van der Waals surface area contributed by atoms with Crippen LogP contribution in [-0.4, -0.2) is 52.2 Å². The lowest BCUT2D eigenvalue weighted by Gasteiger charge is -2.58. The molecule has 5 rings (SSSR count). The fourth-order valence-corrected chi connectivity index (χ4v) is 4.73. The third-order valence-electron chi connectivity index (χ3n) is 6.19. The Balaban J connectivity index is 1.46. The Morgan fingerprint density at radius 1 is 1.06 bits per heavy atom. The molecule has 3 amide bonds. The minimum atomic E-state index is -0.385. The van der Waals surface area contributed by atoms with Gasteiger partial charge in [-0.05, 0) is 48.0 Å². The van der Waals surface area contributed by atoms with E-state index in [0.29, 0.717) is 11.3 Å². The molecule has 0 unspecified atom stereocenters. The van der Waals surface area contributed by atoms with E-state index in [1.165, 1.54) is 24.3 Å². The van der Waals surface area contributed by atoms with Crippen LogP contribution in [0.5, 0.6) is 0 Å². The number of urea groups is 1. The smallest absolute Gasteiger partial charge is 0.326 e. The van der Waals surface area contributed by atoms with Crippen LogP contribution in [0.25, 0.3) is 0 Å². The first-order valence-corrected chi connectivity index (χ1v) is 10.3. The molecule has 3 aromatic rings. The average Bonchev–Trinajstić information content (AvgIpc) is 2.81. The Hall–Kier alpha value is -3.78.